The van der Waals surface area contributed by atoms with E-state index in [1.165, 1.54) is 6.07 Å². The highest BCUT2D eigenvalue weighted by Gasteiger charge is 2.20. The van der Waals surface area contributed by atoms with E-state index in [1.54, 1.807) is 0 Å². The maximum Gasteiger partial charge on any atom is 0.137 e. The van der Waals surface area contributed by atoms with E-state index in [-0.39, 0.29) is 5.39 Å². The van der Waals surface area contributed by atoms with Gasteiger partial charge in [0.2, 0.25) is 0 Å². The first-order valence-corrected chi connectivity index (χ1v) is 5.50. The smallest absolute Gasteiger partial charge is 0.137 e. The Bertz CT molecular complexity index is 595. The van der Waals surface area contributed by atoms with E-state index in [4.69, 9.17) is 11.6 Å². The molecule has 0 spiro atoms. The third-order valence-corrected chi connectivity index (χ3v) is 3.38. The Labute approximate surface area is 96.1 Å². The van der Waals surface area contributed by atoms with Crippen molar-refractivity contribution in [2.75, 3.05) is 0 Å². The van der Waals surface area contributed by atoms with Gasteiger partial charge in [-0.15, -0.1) is 0 Å². The van der Waals surface area contributed by atoms with Gasteiger partial charge in [-0.05, 0) is 24.8 Å². The van der Waals surface area contributed by atoms with Gasteiger partial charge in [0.15, 0.2) is 0 Å². The summed E-state index contributed by atoms with van der Waals surface area (Å²) >= 11 is 6.14. The number of halogens is 3. The molecule has 0 saturated heterocycles. The maximum atomic E-state index is 13.6. The van der Waals surface area contributed by atoms with Gasteiger partial charge in [-0.25, -0.2) is 8.78 Å². The third-order valence-electron chi connectivity index (χ3n) is 2.96. The minimum atomic E-state index is -0.637. The van der Waals surface area contributed by atoms with Crippen LogP contribution in [-0.4, -0.2) is 4.98 Å². The first-order valence-electron chi connectivity index (χ1n) is 5.13. The van der Waals surface area contributed by atoms with Crippen LogP contribution >= 0.6 is 11.6 Å². The number of hydrogen-bond donors (Lipinski definition) is 0. The first-order chi connectivity index (χ1) is 7.66. The zero-order valence-corrected chi connectivity index (χ0v) is 9.11. The van der Waals surface area contributed by atoms with Crippen LogP contribution in [0.25, 0.3) is 10.9 Å². The highest BCUT2D eigenvalue weighted by molar-refractivity contribution is 6.36. The standard InChI is InChI=1S/C12H8ClF2N/c13-12-7-2-1-3-9(7)16-10-5-6(14)4-8(15)11(10)12/h4-5H,1-3H2. The van der Waals surface area contributed by atoms with Crippen molar-refractivity contribution in [1.82, 2.24) is 4.98 Å². The zero-order chi connectivity index (χ0) is 11.3. The predicted molar refractivity (Wildman–Crippen MR) is 58.7 cm³/mol. The molecule has 0 amide bonds. The molecule has 1 aromatic carbocycles. The Morgan fingerprint density at radius 3 is 2.81 bits per heavy atom. The van der Waals surface area contributed by atoms with Crippen molar-refractivity contribution in [2.24, 2.45) is 0 Å². The zero-order valence-electron chi connectivity index (χ0n) is 8.36. The molecule has 0 unspecified atom stereocenters. The van der Waals surface area contributed by atoms with Crippen molar-refractivity contribution in [1.29, 1.82) is 0 Å². The van der Waals surface area contributed by atoms with Crippen LogP contribution in [0.3, 0.4) is 0 Å². The van der Waals surface area contributed by atoms with Gasteiger partial charge in [0.05, 0.1) is 15.9 Å². The number of benzene rings is 1. The lowest BCUT2D eigenvalue weighted by molar-refractivity contribution is 0.591. The van der Waals surface area contributed by atoms with Gasteiger partial charge in [-0.1, -0.05) is 11.6 Å². The third kappa shape index (κ3) is 1.31. The van der Waals surface area contributed by atoms with Gasteiger partial charge in [0, 0.05) is 17.8 Å². The van der Waals surface area contributed by atoms with E-state index in [2.05, 4.69) is 4.98 Å². The molecule has 0 saturated carbocycles. The molecule has 0 atom stereocenters. The number of rotatable bonds is 0. The van der Waals surface area contributed by atoms with E-state index in [1.807, 2.05) is 0 Å². The summed E-state index contributed by atoms with van der Waals surface area (Å²) in [6.45, 7) is 0. The van der Waals surface area contributed by atoms with Crippen LogP contribution in [0.15, 0.2) is 12.1 Å². The SMILES string of the molecule is Fc1cc(F)c2c(Cl)c3c(nc2c1)CCC3. The van der Waals surface area contributed by atoms with Gasteiger partial charge in [0.1, 0.15) is 11.6 Å². The molecular weight excluding hydrogens is 232 g/mol. The van der Waals surface area contributed by atoms with Crippen LogP contribution < -0.4 is 0 Å². The van der Waals surface area contributed by atoms with Crippen molar-refractivity contribution in [2.45, 2.75) is 19.3 Å². The Hall–Kier alpha value is -1.22. The topological polar surface area (TPSA) is 12.9 Å². The highest BCUT2D eigenvalue weighted by atomic mass is 35.5. The number of pyridine rings is 1. The second kappa shape index (κ2) is 3.39. The Balaban J connectivity index is 2.46. The quantitative estimate of drug-likeness (QED) is 0.684. The van der Waals surface area contributed by atoms with Crippen LogP contribution in [0.5, 0.6) is 0 Å². The molecule has 0 aliphatic heterocycles. The predicted octanol–water partition coefficient (Wildman–Crippen LogP) is 3.66. The molecule has 0 fully saturated rings. The fourth-order valence-electron chi connectivity index (χ4n) is 2.25. The lowest BCUT2D eigenvalue weighted by atomic mass is 10.1. The molecule has 1 aliphatic rings. The van der Waals surface area contributed by atoms with Crippen LogP contribution in [0.2, 0.25) is 5.02 Å². The van der Waals surface area contributed by atoms with E-state index >= 15 is 0 Å². The van der Waals surface area contributed by atoms with Gasteiger partial charge in [-0.2, -0.15) is 0 Å². The average molecular weight is 240 g/mol. The monoisotopic (exact) mass is 239 g/mol. The second-order valence-corrected chi connectivity index (χ2v) is 4.36. The summed E-state index contributed by atoms with van der Waals surface area (Å²) in [5, 5.41) is 0.638. The number of nitrogens with zero attached hydrogens (tertiary/aromatic N) is 1. The summed E-state index contributed by atoms with van der Waals surface area (Å²) < 4.78 is 26.7. The highest BCUT2D eigenvalue weighted by Crippen LogP contribution is 2.35. The van der Waals surface area contributed by atoms with Crippen molar-refractivity contribution in [3.05, 3.63) is 40.0 Å². The summed E-state index contributed by atoms with van der Waals surface area (Å²) in [5.41, 5.74) is 2.10. The molecule has 1 heterocycles. The molecule has 1 aromatic heterocycles. The average Bonchev–Trinajstić information content (AvgIpc) is 2.64. The Morgan fingerprint density at radius 2 is 2.00 bits per heavy atom. The maximum absolute atomic E-state index is 13.6. The molecule has 2 aromatic rings. The minimum Gasteiger partial charge on any atom is -0.252 e. The van der Waals surface area contributed by atoms with Gasteiger partial charge < -0.3 is 0 Å². The summed E-state index contributed by atoms with van der Waals surface area (Å²) in [6.07, 6.45) is 2.64. The molecule has 0 bridgehead atoms. The fourth-order valence-corrected chi connectivity index (χ4v) is 2.64. The number of hydrogen-bond acceptors (Lipinski definition) is 1. The summed E-state index contributed by atoms with van der Waals surface area (Å²) in [6, 6.07) is 2.07. The molecule has 0 N–H and O–H groups in total. The van der Waals surface area contributed by atoms with Crippen LogP contribution in [0.4, 0.5) is 8.78 Å². The number of aromatic nitrogens is 1. The number of aryl methyl sites for hydroxylation is 1. The van der Waals surface area contributed by atoms with Crippen molar-refractivity contribution < 1.29 is 8.78 Å². The Kier molecular flexibility index (Phi) is 2.11. The van der Waals surface area contributed by atoms with Crippen LogP contribution in [0.1, 0.15) is 17.7 Å². The molecule has 1 nitrogen and oxygen atoms in total. The fraction of sp³-hybridized carbons (Fsp3) is 0.250. The van der Waals surface area contributed by atoms with Gasteiger partial charge in [-0.3, -0.25) is 4.98 Å². The molecular formula is C12H8ClF2N. The molecule has 82 valence electrons. The molecule has 1 aliphatic carbocycles. The molecule has 16 heavy (non-hydrogen) atoms. The lowest BCUT2D eigenvalue weighted by Gasteiger charge is -2.07. The normalized spacial score (nSPS) is 14.4. The Morgan fingerprint density at radius 1 is 1.19 bits per heavy atom. The van der Waals surface area contributed by atoms with Gasteiger partial charge >= 0.3 is 0 Å². The van der Waals surface area contributed by atoms with E-state index in [0.717, 1.165) is 36.6 Å². The summed E-state index contributed by atoms with van der Waals surface area (Å²) in [5.74, 6) is -1.26. The lowest BCUT2D eigenvalue weighted by Crippen LogP contribution is -1.95. The van der Waals surface area contributed by atoms with Gasteiger partial charge in [0.25, 0.3) is 0 Å². The molecule has 4 heteroatoms. The summed E-state index contributed by atoms with van der Waals surface area (Å²) in [7, 11) is 0. The van der Waals surface area contributed by atoms with Crippen LogP contribution in [-0.2, 0) is 12.8 Å². The molecule has 0 radical (unpaired) electrons. The van der Waals surface area contributed by atoms with Crippen LogP contribution in [0, 0.1) is 11.6 Å². The van der Waals surface area contributed by atoms with Crippen molar-refractivity contribution >= 4 is 22.5 Å². The molecule has 3 rings (SSSR count). The van der Waals surface area contributed by atoms with E-state index < -0.39 is 11.6 Å². The minimum absolute atomic E-state index is 0.240. The largest absolute Gasteiger partial charge is 0.252 e. The van der Waals surface area contributed by atoms with E-state index in [9.17, 15) is 8.78 Å². The number of fused-ring (bicyclic) bond motifs is 2. The summed E-state index contributed by atoms with van der Waals surface area (Å²) in [4.78, 5) is 4.27. The van der Waals surface area contributed by atoms with Crippen molar-refractivity contribution in [3.63, 3.8) is 0 Å². The first kappa shape index (κ1) is 9.97. The van der Waals surface area contributed by atoms with E-state index in [0.29, 0.717) is 10.5 Å². The van der Waals surface area contributed by atoms with Crippen molar-refractivity contribution in [3.8, 4) is 0 Å². The second-order valence-electron chi connectivity index (χ2n) is 3.99.